The van der Waals surface area contributed by atoms with Crippen molar-refractivity contribution in [3.63, 3.8) is 0 Å². The van der Waals surface area contributed by atoms with Gasteiger partial charge >= 0.3 is 0 Å². The van der Waals surface area contributed by atoms with E-state index >= 15 is 0 Å². The minimum atomic E-state index is -3.66. The van der Waals surface area contributed by atoms with Crippen LogP contribution in [-0.2, 0) is 14.8 Å². The van der Waals surface area contributed by atoms with Gasteiger partial charge in [-0.1, -0.05) is 0 Å². The molecule has 1 aliphatic rings. The number of hydrogen-bond acceptors (Lipinski definition) is 4. The van der Waals surface area contributed by atoms with Crippen LogP contribution in [0.5, 0.6) is 0 Å². The number of primary amides is 1. The highest BCUT2D eigenvalue weighted by Crippen LogP contribution is 2.22. The molecule has 1 saturated heterocycles. The highest BCUT2D eigenvalue weighted by Gasteiger charge is 2.31. The quantitative estimate of drug-likeness (QED) is 0.862. The third-order valence-corrected chi connectivity index (χ3v) is 6.05. The summed E-state index contributed by atoms with van der Waals surface area (Å²) in [5.41, 5.74) is 5.65. The van der Waals surface area contributed by atoms with Crippen LogP contribution in [0.3, 0.4) is 0 Å². The lowest BCUT2D eigenvalue weighted by atomic mass is 10.2. The maximum atomic E-state index is 13.1. The number of hydrogen-bond donors (Lipinski definition) is 1. The molecule has 0 spiro atoms. The van der Waals surface area contributed by atoms with Crippen LogP contribution in [0.1, 0.15) is 12.5 Å². The zero-order chi connectivity index (χ0) is 16.5. The fourth-order valence-electron chi connectivity index (χ4n) is 2.55. The Labute approximate surface area is 129 Å². The zero-order valence-electron chi connectivity index (χ0n) is 12.6. The van der Waals surface area contributed by atoms with Crippen LogP contribution in [-0.4, -0.2) is 55.8 Å². The van der Waals surface area contributed by atoms with Crippen molar-refractivity contribution in [1.29, 1.82) is 0 Å². The van der Waals surface area contributed by atoms with Gasteiger partial charge in [-0.2, -0.15) is 4.31 Å². The van der Waals surface area contributed by atoms with Crippen LogP contribution in [0.15, 0.2) is 23.1 Å². The number of amides is 1. The van der Waals surface area contributed by atoms with Gasteiger partial charge in [0.25, 0.3) is 0 Å². The van der Waals surface area contributed by atoms with E-state index in [-0.39, 0.29) is 18.0 Å². The van der Waals surface area contributed by atoms with Crippen molar-refractivity contribution >= 4 is 15.9 Å². The summed E-state index contributed by atoms with van der Waals surface area (Å²) < 4.78 is 39.7. The molecule has 1 amide bonds. The van der Waals surface area contributed by atoms with Gasteiger partial charge in [-0.3, -0.25) is 9.69 Å². The predicted molar refractivity (Wildman–Crippen MR) is 80.1 cm³/mol. The molecule has 1 atom stereocenters. The Kier molecular flexibility index (Phi) is 4.84. The van der Waals surface area contributed by atoms with Gasteiger partial charge < -0.3 is 5.73 Å². The van der Waals surface area contributed by atoms with Crippen molar-refractivity contribution < 1.29 is 17.6 Å². The number of carbonyl (C=O) groups excluding carboxylic acids is 1. The normalized spacial score (nSPS) is 19.0. The minimum Gasteiger partial charge on any atom is -0.368 e. The van der Waals surface area contributed by atoms with Crippen molar-refractivity contribution in [2.45, 2.75) is 24.8 Å². The third-order valence-electron chi connectivity index (χ3n) is 3.99. The summed E-state index contributed by atoms with van der Waals surface area (Å²) in [4.78, 5) is 13.2. The number of halogens is 1. The van der Waals surface area contributed by atoms with Gasteiger partial charge in [0.05, 0.1) is 10.9 Å². The van der Waals surface area contributed by atoms with Crippen molar-refractivity contribution in [1.82, 2.24) is 9.21 Å². The van der Waals surface area contributed by atoms with Gasteiger partial charge in [-0.15, -0.1) is 0 Å². The van der Waals surface area contributed by atoms with E-state index in [1.165, 1.54) is 16.4 Å². The van der Waals surface area contributed by atoms with Gasteiger partial charge in [0.1, 0.15) is 5.82 Å². The van der Waals surface area contributed by atoms with Gasteiger partial charge in [-0.05, 0) is 37.6 Å². The Balaban J connectivity index is 2.14. The lowest BCUT2D eigenvalue weighted by molar-refractivity contribution is -0.123. The second-order valence-corrected chi connectivity index (χ2v) is 7.33. The van der Waals surface area contributed by atoms with E-state index in [2.05, 4.69) is 0 Å². The van der Waals surface area contributed by atoms with Crippen LogP contribution in [0.2, 0.25) is 0 Å². The Hall–Kier alpha value is -1.51. The summed E-state index contributed by atoms with van der Waals surface area (Å²) in [5, 5.41) is 0. The largest absolute Gasteiger partial charge is 0.368 e. The van der Waals surface area contributed by atoms with E-state index in [4.69, 9.17) is 5.73 Å². The molecule has 2 N–H and O–H groups in total. The number of benzene rings is 1. The van der Waals surface area contributed by atoms with E-state index in [0.29, 0.717) is 18.7 Å². The second-order valence-electron chi connectivity index (χ2n) is 5.43. The molecule has 1 heterocycles. The minimum absolute atomic E-state index is 0.116. The highest BCUT2D eigenvalue weighted by atomic mass is 32.2. The molecule has 22 heavy (non-hydrogen) atoms. The third kappa shape index (κ3) is 3.29. The first-order chi connectivity index (χ1) is 10.2. The summed E-state index contributed by atoms with van der Waals surface area (Å²) in [7, 11) is -3.66. The number of rotatable bonds is 4. The van der Waals surface area contributed by atoms with Crippen molar-refractivity contribution in [3.05, 3.63) is 29.6 Å². The van der Waals surface area contributed by atoms with E-state index in [0.717, 1.165) is 6.07 Å². The summed E-state index contributed by atoms with van der Waals surface area (Å²) in [6, 6.07) is 3.22. The average molecular weight is 329 g/mol. The summed E-state index contributed by atoms with van der Waals surface area (Å²) >= 11 is 0. The van der Waals surface area contributed by atoms with E-state index < -0.39 is 27.8 Å². The molecule has 0 aromatic heterocycles. The SMILES string of the molecule is Cc1cc(F)ccc1S(=O)(=O)N1CCN(C(C)C(N)=O)CC1. The molecule has 8 heteroatoms. The molecular weight excluding hydrogens is 309 g/mol. The van der Waals surface area contributed by atoms with Crippen LogP contribution >= 0.6 is 0 Å². The molecule has 6 nitrogen and oxygen atoms in total. The lowest BCUT2D eigenvalue weighted by Crippen LogP contribution is -2.54. The number of aryl methyl sites for hydroxylation is 1. The highest BCUT2D eigenvalue weighted by molar-refractivity contribution is 7.89. The maximum absolute atomic E-state index is 13.1. The summed E-state index contributed by atoms with van der Waals surface area (Å²) in [5.74, 6) is -0.887. The fraction of sp³-hybridized carbons (Fsp3) is 0.500. The number of nitrogens with zero attached hydrogens (tertiary/aromatic N) is 2. The molecule has 0 aliphatic carbocycles. The first-order valence-electron chi connectivity index (χ1n) is 7.03. The monoisotopic (exact) mass is 329 g/mol. The fourth-order valence-corrected chi connectivity index (χ4v) is 4.18. The lowest BCUT2D eigenvalue weighted by Gasteiger charge is -2.36. The predicted octanol–water partition coefficient (Wildman–Crippen LogP) is 0.314. The summed E-state index contributed by atoms with van der Waals surface area (Å²) in [6.45, 7) is 4.69. The molecule has 1 aromatic rings. The maximum Gasteiger partial charge on any atom is 0.243 e. The van der Waals surface area contributed by atoms with Crippen LogP contribution in [0.4, 0.5) is 4.39 Å². The van der Waals surface area contributed by atoms with Crippen LogP contribution < -0.4 is 5.73 Å². The van der Waals surface area contributed by atoms with Crippen molar-refractivity contribution in [2.24, 2.45) is 5.73 Å². The Morgan fingerprint density at radius 1 is 1.27 bits per heavy atom. The molecule has 1 unspecified atom stereocenters. The van der Waals surface area contributed by atoms with Gasteiger partial charge in [0, 0.05) is 26.2 Å². The standard InChI is InChI=1S/C14H20FN3O3S/c1-10-9-12(15)3-4-13(10)22(20,21)18-7-5-17(6-8-18)11(2)14(16)19/h3-4,9,11H,5-8H2,1-2H3,(H2,16,19). The number of nitrogens with two attached hydrogens (primary N) is 1. The topological polar surface area (TPSA) is 83.7 Å². The molecule has 0 radical (unpaired) electrons. The molecular formula is C14H20FN3O3S. The zero-order valence-corrected chi connectivity index (χ0v) is 13.4. The molecule has 1 aliphatic heterocycles. The van der Waals surface area contributed by atoms with E-state index in [1.807, 2.05) is 4.90 Å². The number of sulfonamides is 1. The van der Waals surface area contributed by atoms with E-state index in [9.17, 15) is 17.6 Å². The van der Waals surface area contributed by atoms with Gasteiger partial charge in [0.2, 0.25) is 15.9 Å². The number of carbonyl (C=O) groups is 1. The van der Waals surface area contributed by atoms with Crippen molar-refractivity contribution in [2.75, 3.05) is 26.2 Å². The van der Waals surface area contributed by atoms with Gasteiger partial charge in [-0.25, -0.2) is 12.8 Å². The first-order valence-corrected chi connectivity index (χ1v) is 8.47. The molecule has 2 rings (SSSR count). The average Bonchev–Trinajstić information content (AvgIpc) is 2.46. The van der Waals surface area contributed by atoms with Crippen LogP contribution in [0, 0.1) is 12.7 Å². The van der Waals surface area contributed by atoms with E-state index in [1.54, 1.807) is 13.8 Å². The Morgan fingerprint density at radius 2 is 1.86 bits per heavy atom. The van der Waals surface area contributed by atoms with Crippen molar-refractivity contribution in [3.8, 4) is 0 Å². The molecule has 0 bridgehead atoms. The smallest absolute Gasteiger partial charge is 0.243 e. The Morgan fingerprint density at radius 3 is 2.36 bits per heavy atom. The molecule has 1 fully saturated rings. The molecule has 122 valence electrons. The van der Waals surface area contributed by atoms with Gasteiger partial charge in [0.15, 0.2) is 0 Å². The molecule has 1 aromatic carbocycles. The molecule has 0 saturated carbocycles. The van der Waals surface area contributed by atoms with Crippen LogP contribution in [0.25, 0.3) is 0 Å². The Bertz CT molecular complexity index is 670. The summed E-state index contributed by atoms with van der Waals surface area (Å²) in [6.07, 6.45) is 0. The number of piperazine rings is 1. The second kappa shape index (κ2) is 6.31. The first kappa shape index (κ1) is 16.9.